The molecule has 0 bridgehead atoms. The van der Waals surface area contributed by atoms with Crippen molar-refractivity contribution in [2.24, 2.45) is 0 Å². The summed E-state index contributed by atoms with van der Waals surface area (Å²) in [5, 5.41) is 4.69. The summed E-state index contributed by atoms with van der Waals surface area (Å²) < 4.78 is 41.5. The van der Waals surface area contributed by atoms with Gasteiger partial charge in [0, 0.05) is 45.7 Å². The zero-order valence-electron chi connectivity index (χ0n) is 25.2. The lowest BCUT2D eigenvalue weighted by molar-refractivity contribution is -0.135. The van der Waals surface area contributed by atoms with E-state index in [1.165, 1.54) is 10.4 Å². The quantitative estimate of drug-likeness (QED) is 0.341. The predicted molar refractivity (Wildman–Crippen MR) is 162 cm³/mol. The van der Waals surface area contributed by atoms with Gasteiger partial charge in [0.25, 0.3) is 5.56 Å². The van der Waals surface area contributed by atoms with Crippen molar-refractivity contribution in [1.29, 1.82) is 0 Å². The Labute approximate surface area is 251 Å². The number of carbonyl (C=O) groups excluding carboxylic acids is 1. The first-order valence-electron chi connectivity index (χ1n) is 15.0. The molecule has 14 heteroatoms. The first-order chi connectivity index (χ1) is 20.7. The normalized spacial score (nSPS) is 17.0. The van der Waals surface area contributed by atoms with Crippen molar-refractivity contribution in [3.8, 4) is 17.1 Å². The summed E-state index contributed by atoms with van der Waals surface area (Å²) in [6, 6.07) is 4.71. The number of rotatable bonds is 11. The Morgan fingerprint density at radius 1 is 1.07 bits per heavy atom. The molecular weight excluding hydrogens is 574 g/mol. The number of fused-ring (bicyclic) bond motifs is 1. The standard InChI is InChI=1S/C29H41N7O6S/c1-4-6-23-26-27(36(32-23)10-9-25(37)34-15-18-41-19-16-34)29(38)31-28(30-26)22-20-21(7-8-24(22)42-17-5-2)43(39,40)35-13-11-33(3)12-14-35/h7-8,20H,4-6,9-19H2,1-3H3,(H,30,31,38). The Morgan fingerprint density at radius 3 is 2.51 bits per heavy atom. The molecule has 0 saturated carbocycles. The second kappa shape index (κ2) is 13.5. The maximum Gasteiger partial charge on any atom is 0.277 e. The maximum absolute atomic E-state index is 13.6. The van der Waals surface area contributed by atoms with Gasteiger partial charge >= 0.3 is 0 Å². The minimum absolute atomic E-state index is 0.0129. The third-order valence-electron chi connectivity index (χ3n) is 7.82. The van der Waals surface area contributed by atoms with Crippen LogP contribution in [0.3, 0.4) is 0 Å². The smallest absolute Gasteiger partial charge is 0.277 e. The van der Waals surface area contributed by atoms with Crippen molar-refractivity contribution in [3.63, 3.8) is 0 Å². The van der Waals surface area contributed by atoms with Gasteiger partial charge in [-0.15, -0.1) is 0 Å². The summed E-state index contributed by atoms with van der Waals surface area (Å²) in [6.45, 7) is 8.90. The first kappa shape index (κ1) is 31.1. The average molecular weight is 616 g/mol. The van der Waals surface area contributed by atoms with Crippen LogP contribution in [0.1, 0.15) is 38.8 Å². The number of morpholine rings is 1. The predicted octanol–water partition coefficient (Wildman–Crippen LogP) is 1.71. The molecule has 0 radical (unpaired) electrons. The molecule has 2 saturated heterocycles. The summed E-state index contributed by atoms with van der Waals surface area (Å²) >= 11 is 0. The molecule has 234 valence electrons. The average Bonchev–Trinajstić information content (AvgIpc) is 3.37. The van der Waals surface area contributed by atoms with E-state index in [1.54, 1.807) is 21.7 Å². The molecule has 13 nitrogen and oxygen atoms in total. The van der Waals surface area contributed by atoms with Crippen LogP contribution in [0, 0.1) is 0 Å². The molecule has 2 aliphatic rings. The number of benzene rings is 1. The van der Waals surface area contributed by atoms with E-state index in [4.69, 9.17) is 14.5 Å². The highest BCUT2D eigenvalue weighted by molar-refractivity contribution is 7.89. The molecule has 0 unspecified atom stereocenters. The Bertz CT molecular complexity index is 1610. The number of carbonyl (C=O) groups is 1. The number of hydrogen-bond donors (Lipinski definition) is 1. The van der Waals surface area contributed by atoms with Gasteiger partial charge in [-0.25, -0.2) is 13.4 Å². The maximum atomic E-state index is 13.6. The number of ether oxygens (including phenoxy) is 2. The first-order valence-corrected chi connectivity index (χ1v) is 16.5. The number of piperazine rings is 1. The Morgan fingerprint density at radius 2 is 1.81 bits per heavy atom. The molecule has 1 N–H and O–H groups in total. The number of aromatic nitrogens is 4. The fraction of sp³-hybridized carbons (Fsp3) is 0.586. The number of nitrogens with one attached hydrogen (secondary N) is 1. The van der Waals surface area contributed by atoms with Gasteiger partial charge in [0.1, 0.15) is 17.1 Å². The van der Waals surface area contributed by atoms with Crippen LogP contribution >= 0.6 is 0 Å². The molecule has 3 aromatic rings. The lowest BCUT2D eigenvalue weighted by Crippen LogP contribution is -2.47. The summed E-state index contributed by atoms with van der Waals surface area (Å²) in [6.07, 6.45) is 2.32. The highest BCUT2D eigenvalue weighted by Crippen LogP contribution is 2.32. The summed E-state index contributed by atoms with van der Waals surface area (Å²) in [7, 11) is -1.80. The van der Waals surface area contributed by atoms with Gasteiger partial charge in [-0.3, -0.25) is 14.3 Å². The van der Waals surface area contributed by atoms with Crippen molar-refractivity contribution >= 4 is 27.0 Å². The van der Waals surface area contributed by atoms with E-state index in [9.17, 15) is 18.0 Å². The molecule has 0 atom stereocenters. The van der Waals surface area contributed by atoms with E-state index in [1.807, 2.05) is 20.9 Å². The Balaban J connectivity index is 1.53. The van der Waals surface area contributed by atoms with E-state index in [-0.39, 0.29) is 29.6 Å². The molecule has 0 aliphatic carbocycles. The van der Waals surface area contributed by atoms with Crippen molar-refractivity contribution in [2.45, 2.75) is 51.0 Å². The lowest BCUT2D eigenvalue weighted by atomic mass is 10.1. The van der Waals surface area contributed by atoms with Gasteiger partial charge in [-0.2, -0.15) is 9.40 Å². The van der Waals surface area contributed by atoms with Gasteiger partial charge in [0.15, 0.2) is 5.52 Å². The van der Waals surface area contributed by atoms with Crippen LogP contribution in [-0.4, -0.2) is 114 Å². The fourth-order valence-corrected chi connectivity index (χ4v) is 6.84. The van der Waals surface area contributed by atoms with E-state index in [0.717, 1.165) is 12.8 Å². The molecule has 5 rings (SSSR count). The molecular formula is C29H41N7O6S. The van der Waals surface area contributed by atoms with Gasteiger partial charge in [-0.05, 0) is 38.1 Å². The van der Waals surface area contributed by atoms with Crippen molar-refractivity contribution in [3.05, 3.63) is 34.2 Å². The molecule has 2 aliphatic heterocycles. The summed E-state index contributed by atoms with van der Waals surface area (Å²) in [5.74, 6) is 0.628. The van der Waals surface area contributed by atoms with Gasteiger partial charge in [0.2, 0.25) is 15.9 Å². The van der Waals surface area contributed by atoms with Crippen LogP contribution in [0.15, 0.2) is 27.9 Å². The van der Waals surface area contributed by atoms with Crippen LogP contribution < -0.4 is 10.3 Å². The molecule has 1 aromatic carbocycles. The third-order valence-corrected chi connectivity index (χ3v) is 9.72. The summed E-state index contributed by atoms with van der Waals surface area (Å²) in [4.78, 5) is 38.1. The second-order valence-corrected chi connectivity index (χ2v) is 12.9. The van der Waals surface area contributed by atoms with Gasteiger partial charge in [-0.1, -0.05) is 20.3 Å². The number of likely N-dealkylation sites (N-methyl/N-ethyl adjacent to an activating group) is 1. The molecule has 0 spiro atoms. The number of aromatic amines is 1. The van der Waals surface area contributed by atoms with Crippen LogP contribution in [-0.2, 0) is 32.5 Å². The monoisotopic (exact) mass is 615 g/mol. The largest absolute Gasteiger partial charge is 0.493 e. The number of H-pyrrole nitrogens is 1. The van der Waals surface area contributed by atoms with Crippen molar-refractivity contribution < 1.29 is 22.7 Å². The van der Waals surface area contributed by atoms with Crippen LogP contribution in [0.25, 0.3) is 22.4 Å². The molecule has 4 heterocycles. The zero-order chi connectivity index (χ0) is 30.6. The number of amides is 1. The van der Waals surface area contributed by atoms with Crippen LogP contribution in [0.4, 0.5) is 0 Å². The zero-order valence-corrected chi connectivity index (χ0v) is 26.0. The number of hydrogen-bond acceptors (Lipinski definition) is 9. The van der Waals surface area contributed by atoms with Crippen LogP contribution in [0.2, 0.25) is 0 Å². The molecule has 2 aromatic heterocycles. The van der Waals surface area contributed by atoms with Crippen molar-refractivity contribution in [1.82, 2.24) is 33.9 Å². The Hall–Kier alpha value is -3.33. The number of nitrogens with zero attached hydrogens (tertiary/aromatic N) is 6. The van der Waals surface area contributed by atoms with Crippen molar-refractivity contribution in [2.75, 3.05) is 66.1 Å². The number of sulfonamides is 1. The molecule has 43 heavy (non-hydrogen) atoms. The SMILES string of the molecule is CCCOc1ccc(S(=O)(=O)N2CCN(C)CC2)cc1-c1nc2c(CCC)nn(CCC(=O)N3CCOCC3)c2c(=O)[nH]1. The van der Waals surface area contributed by atoms with E-state index in [0.29, 0.717) is 93.6 Å². The minimum atomic E-state index is -3.77. The van der Waals surface area contributed by atoms with Gasteiger partial charge in [0.05, 0.1) is 42.5 Å². The van der Waals surface area contributed by atoms with Gasteiger partial charge < -0.3 is 24.3 Å². The topological polar surface area (TPSA) is 143 Å². The highest BCUT2D eigenvalue weighted by atomic mass is 32.2. The fourth-order valence-electron chi connectivity index (χ4n) is 5.39. The second-order valence-electron chi connectivity index (χ2n) is 11.0. The van der Waals surface area contributed by atoms with E-state index >= 15 is 0 Å². The highest BCUT2D eigenvalue weighted by Gasteiger charge is 2.29. The third kappa shape index (κ3) is 6.77. The molecule has 2 fully saturated rings. The van der Waals surface area contributed by atoms with E-state index < -0.39 is 15.6 Å². The summed E-state index contributed by atoms with van der Waals surface area (Å²) in [5.41, 5.74) is 1.36. The van der Waals surface area contributed by atoms with E-state index in [2.05, 4.69) is 15.0 Å². The molecule has 1 amide bonds. The Kier molecular flexibility index (Phi) is 9.79. The minimum Gasteiger partial charge on any atom is -0.493 e. The lowest BCUT2D eigenvalue weighted by Gasteiger charge is -2.31. The number of aryl methyl sites for hydroxylation is 2. The van der Waals surface area contributed by atoms with Crippen LogP contribution in [0.5, 0.6) is 5.75 Å².